The summed E-state index contributed by atoms with van der Waals surface area (Å²) in [6.45, 7) is 0.533. The minimum Gasteiger partial charge on any atom is -0.354 e. The van der Waals surface area contributed by atoms with Gasteiger partial charge in [-0.05, 0) is 55.3 Å². The molecule has 1 aliphatic carbocycles. The molecule has 0 aromatic heterocycles. The third kappa shape index (κ3) is 5.71. The Kier molecular flexibility index (Phi) is 7.51. The first-order valence-corrected chi connectivity index (χ1v) is 10.5. The quantitative estimate of drug-likeness (QED) is 0.651. The van der Waals surface area contributed by atoms with Crippen molar-refractivity contribution in [2.75, 3.05) is 18.0 Å². The molecular weight excluding hydrogens is 414 g/mol. The summed E-state index contributed by atoms with van der Waals surface area (Å²) in [6.07, 6.45) is 5.15. The molecule has 154 valence electrons. The van der Waals surface area contributed by atoms with Crippen LogP contribution in [0, 0.1) is 11.7 Å². The molecule has 0 bridgehead atoms. The molecule has 1 aliphatic rings. The fourth-order valence-corrected chi connectivity index (χ4v) is 4.07. The van der Waals surface area contributed by atoms with Crippen LogP contribution in [0.4, 0.5) is 10.1 Å². The molecule has 0 aliphatic heterocycles. The van der Waals surface area contributed by atoms with Gasteiger partial charge in [0.2, 0.25) is 5.91 Å². The molecule has 1 saturated carbocycles. The van der Waals surface area contributed by atoms with Gasteiger partial charge in [-0.25, -0.2) is 4.39 Å². The summed E-state index contributed by atoms with van der Waals surface area (Å²) in [7, 11) is 0. The van der Waals surface area contributed by atoms with Crippen LogP contribution in [0.3, 0.4) is 0 Å². The molecule has 0 unspecified atom stereocenters. The van der Waals surface area contributed by atoms with E-state index in [0.29, 0.717) is 22.8 Å². The van der Waals surface area contributed by atoms with Crippen molar-refractivity contribution in [3.63, 3.8) is 0 Å². The van der Waals surface area contributed by atoms with Crippen LogP contribution in [0.2, 0.25) is 10.0 Å². The Labute approximate surface area is 180 Å². The van der Waals surface area contributed by atoms with Gasteiger partial charge < -0.3 is 10.2 Å². The number of carbonyl (C=O) groups is 2. The third-order valence-corrected chi connectivity index (χ3v) is 5.70. The highest BCUT2D eigenvalue weighted by Crippen LogP contribution is 2.26. The molecule has 1 fully saturated rings. The van der Waals surface area contributed by atoms with E-state index in [4.69, 9.17) is 23.2 Å². The first-order valence-electron chi connectivity index (χ1n) is 9.76. The highest BCUT2D eigenvalue weighted by Gasteiger charge is 2.23. The van der Waals surface area contributed by atoms with E-state index < -0.39 is 5.82 Å². The van der Waals surface area contributed by atoms with E-state index in [1.165, 1.54) is 41.7 Å². The fraction of sp³-hybridized carbons (Fsp3) is 0.364. The van der Waals surface area contributed by atoms with Crippen molar-refractivity contribution in [3.05, 3.63) is 63.9 Å². The molecule has 2 aromatic rings. The topological polar surface area (TPSA) is 49.4 Å². The summed E-state index contributed by atoms with van der Waals surface area (Å²) >= 11 is 12.1. The minimum atomic E-state index is -0.392. The van der Waals surface area contributed by atoms with Gasteiger partial charge in [0.15, 0.2) is 0 Å². The van der Waals surface area contributed by atoms with Crippen LogP contribution in [-0.2, 0) is 4.79 Å². The van der Waals surface area contributed by atoms with E-state index in [0.717, 1.165) is 25.7 Å². The maximum atomic E-state index is 13.4. The number of nitrogens with one attached hydrogen (secondary N) is 1. The molecule has 29 heavy (non-hydrogen) atoms. The van der Waals surface area contributed by atoms with Crippen LogP contribution in [0.25, 0.3) is 0 Å². The molecule has 2 aromatic carbocycles. The molecule has 0 radical (unpaired) electrons. The minimum absolute atomic E-state index is 0.0285. The monoisotopic (exact) mass is 436 g/mol. The Morgan fingerprint density at radius 1 is 1.03 bits per heavy atom. The summed E-state index contributed by atoms with van der Waals surface area (Å²) in [4.78, 5) is 27.0. The highest BCUT2D eigenvalue weighted by molar-refractivity contribution is 6.37. The van der Waals surface area contributed by atoms with Gasteiger partial charge in [-0.1, -0.05) is 42.5 Å². The molecule has 3 rings (SSSR count). The van der Waals surface area contributed by atoms with Crippen molar-refractivity contribution < 1.29 is 14.0 Å². The van der Waals surface area contributed by atoms with Crippen LogP contribution < -0.4 is 10.2 Å². The van der Waals surface area contributed by atoms with Gasteiger partial charge in [-0.15, -0.1) is 0 Å². The summed E-state index contributed by atoms with van der Waals surface area (Å²) in [6, 6.07) is 10.3. The Bertz CT molecular complexity index is 868. The van der Waals surface area contributed by atoms with E-state index in [1.54, 1.807) is 12.1 Å². The van der Waals surface area contributed by atoms with Gasteiger partial charge in [0.1, 0.15) is 5.82 Å². The van der Waals surface area contributed by atoms with E-state index in [9.17, 15) is 14.0 Å². The Hall–Kier alpha value is -2.11. The molecule has 2 amide bonds. The van der Waals surface area contributed by atoms with Crippen molar-refractivity contribution in [1.29, 1.82) is 0 Å². The van der Waals surface area contributed by atoms with Crippen molar-refractivity contribution >= 4 is 40.7 Å². The maximum absolute atomic E-state index is 13.4. The number of halogens is 3. The zero-order valence-electron chi connectivity index (χ0n) is 16.0. The molecule has 4 nitrogen and oxygen atoms in total. The van der Waals surface area contributed by atoms with Crippen LogP contribution in [-0.4, -0.2) is 24.9 Å². The number of benzene rings is 2. The SMILES string of the molecule is O=C(NCCN(C(=O)c1ccc(Cl)cc1Cl)c1ccc(F)cc1)C1CCCCC1. The zero-order chi connectivity index (χ0) is 20.8. The number of nitrogens with zero attached hydrogens (tertiary/aromatic N) is 1. The number of hydrogen-bond donors (Lipinski definition) is 1. The maximum Gasteiger partial charge on any atom is 0.259 e. The summed E-state index contributed by atoms with van der Waals surface area (Å²) in [5.41, 5.74) is 0.813. The van der Waals surface area contributed by atoms with Gasteiger partial charge in [-0.2, -0.15) is 0 Å². The fourth-order valence-electron chi connectivity index (χ4n) is 3.58. The normalized spacial score (nSPS) is 14.4. The zero-order valence-corrected chi connectivity index (χ0v) is 17.5. The second-order valence-corrected chi connectivity index (χ2v) is 8.03. The van der Waals surface area contributed by atoms with E-state index in [2.05, 4.69) is 5.32 Å². The van der Waals surface area contributed by atoms with Crippen molar-refractivity contribution in [3.8, 4) is 0 Å². The first kappa shape index (κ1) is 21.6. The number of amides is 2. The molecular formula is C22H23Cl2FN2O2. The number of rotatable bonds is 6. The predicted octanol–water partition coefficient (Wildman–Crippen LogP) is 5.48. The Morgan fingerprint density at radius 3 is 2.38 bits per heavy atom. The third-order valence-electron chi connectivity index (χ3n) is 5.16. The average Bonchev–Trinajstić information content (AvgIpc) is 2.72. The van der Waals surface area contributed by atoms with E-state index in [-0.39, 0.29) is 29.3 Å². The standard InChI is InChI=1S/C22H23Cl2FN2O2/c23-16-6-11-19(20(24)14-16)22(29)27(18-9-7-17(25)8-10-18)13-12-26-21(28)15-4-2-1-3-5-15/h6-11,14-15H,1-5,12-13H2,(H,26,28). The van der Waals surface area contributed by atoms with Crippen molar-refractivity contribution in [1.82, 2.24) is 5.32 Å². The van der Waals surface area contributed by atoms with Gasteiger partial charge in [0.25, 0.3) is 5.91 Å². The lowest BCUT2D eigenvalue weighted by Crippen LogP contribution is -2.41. The lowest BCUT2D eigenvalue weighted by atomic mass is 9.89. The number of hydrogen-bond acceptors (Lipinski definition) is 2. The average molecular weight is 437 g/mol. The van der Waals surface area contributed by atoms with Gasteiger partial charge in [0.05, 0.1) is 10.6 Å². The first-order chi connectivity index (χ1) is 14.0. The summed E-state index contributed by atoms with van der Waals surface area (Å²) in [5, 5.41) is 3.60. The molecule has 7 heteroatoms. The second kappa shape index (κ2) is 10.1. The predicted molar refractivity (Wildman–Crippen MR) is 114 cm³/mol. The van der Waals surface area contributed by atoms with Gasteiger partial charge in [0, 0.05) is 29.7 Å². The number of anilines is 1. The van der Waals surface area contributed by atoms with Crippen molar-refractivity contribution in [2.45, 2.75) is 32.1 Å². The second-order valence-electron chi connectivity index (χ2n) is 7.18. The van der Waals surface area contributed by atoms with Crippen molar-refractivity contribution in [2.24, 2.45) is 5.92 Å². The van der Waals surface area contributed by atoms with E-state index >= 15 is 0 Å². The van der Waals surface area contributed by atoms with Gasteiger partial charge >= 0.3 is 0 Å². The van der Waals surface area contributed by atoms with Crippen LogP contribution in [0.1, 0.15) is 42.5 Å². The molecule has 1 N–H and O–H groups in total. The Balaban J connectivity index is 1.73. The summed E-state index contributed by atoms with van der Waals surface area (Å²) in [5.74, 6) is -0.661. The molecule has 0 saturated heterocycles. The summed E-state index contributed by atoms with van der Waals surface area (Å²) < 4.78 is 13.4. The Morgan fingerprint density at radius 2 is 1.72 bits per heavy atom. The molecule has 0 spiro atoms. The smallest absolute Gasteiger partial charge is 0.259 e. The lowest BCUT2D eigenvalue weighted by Gasteiger charge is -2.25. The van der Waals surface area contributed by atoms with Crippen LogP contribution in [0.5, 0.6) is 0 Å². The number of carbonyl (C=O) groups excluding carboxylic acids is 2. The van der Waals surface area contributed by atoms with Crippen LogP contribution in [0.15, 0.2) is 42.5 Å². The largest absolute Gasteiger partial charge is 0.354 e. The van der Waals surface area contributed by atoms with E-state index in [1.807, 2.05) is 0 Å². The lowest BCUT2D eigenvalue weighted by molar-refractivity contribution is -0.125. The molecule has 0 heterocycles. The highest BCUT2D eigenvalue weighted by atomic mass is 35.5. The van der Waals surface area contributed by atoms with Gasteiger partial charge in [-0.3, -0.25) is 9.59 Å². The van der Waals surface area contributed by atoms with Crippen LogP contribution >= 0.6 is 23.2 Å². The molecule has 0 atom stereocenters.